The Hall–Kier alpha value is -1.52. The number of hydrogen-bond acceptors (Lipinski definition) is 8. The van der Waals surface area contributed by atoms with Gasteiger partial charge in [-0.1, -0.05) is 0 Å². The van der Waals surface area contributed by atoms with Crippen molar-refractivity contribution in [3.8, 4) is 0 Å². The standard InChI is InChI=1S/C49H103N13O5.5ClH/c1-58(2,3)40-16-26-50-45(63)21-31-55(32-22-46(64)51-27-17-41-59(4,5)6)36-38-57(35-25-49(67)54-30-20-44-62(13,14)15)39-37-56(33-23-47(65)52-28-18-42-60(7,8)9)34-24-48(66)53-29-19-43-61(10,11)12;;;;;/h13,16-44H2,1-12,14-15H3,(H-4,50,51,52,53,54,63,64,65,66,67);5*1H. The first-order valence-corrected chi connectivity index (χ1v) is 25.3. The first-order chi connectivity index (χ1) is 30.9. The number of quaternary nitrogens is 5. The van der Waals surface area contributed by atoms with Gasteiger partial charge in [0.15, 0.2) is 0 Å². The normalized spacial score (nSPS) is 11.9. The molecule has 18 nitrogen and oxygen atoms in total. The van der Waals surface area contributed by atoms with Crippen LogP contribution in [0.2, 0.25) is 0 Å². The molecule has 5 N–H and O–H groups in total. The summed E-state index contributed by atoms with van der Waals surface area (Å²) >= 11 is 0. The number of carbonyl (C=O) groups is 5. The zero-order valence-corrected chi connectivity index (χ0v) is 51.6. The maximum atomic E-state index is 13.1. The summed E-state index contributed by atoms with van der Waals surface area (Å²) in [5, 5.41) is 15.4. The molecule has 0 spiro atoms. The van der Waals surface area contributed by atoms with Crippen molar-refractivity contribution < 1.29 is 96.0 Å². The van der Waals surface area contributed by atoms with Gasteiger partial charge >= 0.3 is 0 Å². The van der Waals surface area contributed by atoms with Gasteiger partial charge in [-0.15, -0.1) is 19.5 Å². The van der Waals surface area contributed by atoms with Gasteiger partial charge in [-0.3, -0.25) is 24.0 Å². The fourth-order valence-corrected chi connectivity index (χ4v) is 7.17. The molecule has 0 radical (unpaired) electrons. The second-order valence-corrected chi connectivity index (χ2v) is 23.5. The molecule has 0 rings (SSSR count). The van der Waals surface area contributed by atoms with E-state index >= 15 is 0 Å². The van der Waals surface area contributed by atoms with Gasteiger partial charge in [-0.2, -0.15) is 0 Å². The van der Waals surface area contributed by atoms with E-state index in [0.29, 0.717) is 128 Å². The van der Waals surface area contributed by atoms with Crippen LogP contribution in [0.1, 0.15) is 64.2 Å². The van der Waals surface area contributed by atoms with Gasteiger partial charge in [-0.25, -0.2) is 0 Å². The van der Waals surface area contributed by atoms with Crippen molar-refractivity contribution in [1.82, 2.24) is 41.3 Å². The molecule has 5 amide bonds. The summed E-state index contributed by atoms with van der Waals surface area (Å²) in [6, 6.07) is 0. The highest BCUT2D eigenvalue weighted by Crippen LogP contribution is 2.04. The highest BCUT2D eigenvalue weighted by Gasteiger charge is 2.19. The monoisotopic (exact) mass is 1130 g/mol. The summed E-state index contributed by atoms with van der Waals surface area (Å²) in [4.78, 5) is 71.9. The SMILES string of the molecule is Cl.[CH2-][N+](C)(C)CCCNC(=O)CCN(CCN(CCC(=O)NCCC[N+](C)(C)C)CCC(=O)NCCC[N+](C)(C)C)CCN(CCC(=O)NCCC[N+](C)(C)C)CCC(=O)NCCC[N+](C)(C)C.[Cl-].[Cl-].[Cl-].[Cl-]. The molecule has 0 aliphatic heterocycles. The fraction of sp³-hybridized carbons (Fsp3) is 0.878. The van der Waals surface area contributed by atoms with E-state index in [9.17, 15) is 24.0 Å². The van der Waals surface area contributed by atoms with Crippen molar-refractivity contribution in [3.63, 3.8) is 0 Å². The zero-order valence-electron chi connectivity index (χ0n) is 47.8. The predicted molar refractivity (Wildman–Crippen MR) is 282 cm³/mol. The Kier molecular flexibility index (Phi) is 49.5. The molecule has 0 saturated carbocycles. The lowest BCUT2D eigenvalue weighted by molar-refractivity contribution is -0.870. The minimum Gasteiger partial charge on any atom is -1.00 e. The molecule has 0 heterocycles. The summed E-state index contributed by atoms with van der Waals surface area (Å²) < 4.78 is 3.94. The van der Waals surface area contributed by atoms with Crippen molar-refractivity contribution >= 4 is 41.9 Å². The summed E-state index contributed by atoms with van der Waals surface area (Å²) in [7, 11) is 33.9. The van der Waals surface area contributed by atoms with Gasteiger partial charge in [0.1, 0.15) is 0 Å². The third-order valence-electron chi connectivity index (χ3n) is 11.3. The summed E-state index contributed by atoms with van der Waals surface area (Å²) in [6.07, 6.45) is 6.01. The molecule has 434 valence electrons. The van der Waals surface area contributed by atoms with E-state index in [2.05, 4.69) is 133 Å². The van der Waals surface area contributed by atoms with Gasteiger partial charge < -0.3 is 113 Å². The molecule has 0 aliphatic carbocycles. The van der Waals surface area contributed by atoms with E-state index in [1.807, 2.05) is 14.1 Å². The molecule has 0 atom stereocenters. The molecule has 0 saturated heterocycles. The van der Waals surface area contributed by atoms with E-state index in [4.69, 9.17) is 0 Å². The topological polar surface area (TPSA) is 155 Å². The van der Waals surface area contributed by atoms with Gasteiger partial charge in [0, 0.05) is 170 Å². The maximum Gasteiger partial charge on any atom is 0.221 e. The number of halogens is 5. The van der Waals surface area contributed by atoms with Crippen molar-refractivity contribution in [2.45, 2.75) is 64.2 Å². The van der Waals surface area contributed by atoms with Gasteiger partial charge in [0.25, 0.3) is 0 Å². The fourth-order valence-electron chi connectivity index (χ4n) is 7.17. The highest BCUT2D eigenvalue weighted by molar-refractivity contribution is 5.85. The van der Waals surface area contributed by atoms with Crippen molar-refractivity contribution in [2.75, 3.05) is 223 Å². The Morgan fingerprint density at radius 3 is 0.653 bits per heavy atom. The molecular formula is C49H108Cl5N13O5. The molecule has 0 fully saturated rings. The van der Waals surface area contributed by atoms with Crippen LogP contribution >= 0.6 is 12.4 Å². The Labute approximate surface area is 471 Å². The van der Waals surface area contributed by atoms with Gasteiger partial charge in [0.05, 0.1) is 117 Å². The molecule has 0 aromatic heterocycles. The molecule has 23 heteroatoms. The van der Waals surface area contributed by atoms with Crippen LogP contribution in [-0.2, 0) is 24.0 Å². The van der Waals surface area contributed by atoms with Crippen LogP contribution in [0.3, 0.4) is 0 Å². The van der Waals surface area contributed by atoms with E-state index in [-0.39, 0.29) is 91.6 Å². The van der Waals surface area contributed by atoms with Crippen LogP contribution in [0.5, 0.6) is 0 Å². The number of hydrogen-bond donors (Lipinski definition) is 5. The highest BCUT2D eigenvalue weighted by atomic mass is 35.5. The smallest absolute Gasteiger partial charge is 0.221 e. The van der Waals surface area contributed by atoms with Crippen molar-refractivity contribution in [1.29, 1.82) is 0 Å². The Bertz CT molecular complexity index is 1250. The molecular weight excluding hydrogens is 1030 g/mol. The van der Waals surface area contributed by atoms with Gasteiger partial charge in [-0.05, 0) is 0 Å². The van der Waals surface area contributed by atoms with Crippen molar-refractivity contribution in [2.24, 2.45) is 0 Å². The minimum atomic E-state index is -0.0131. The van der Waals surface area contributed by atoms with Gasteiger partial charge in [0.2, 0.25) is 29.5 Å². The van der Waals surface area contributed by atoms with E-state index in [0.717, 1.165) is 82.8 Å². The number of carbonyl (C=O) groups excluding carboxylic acids is 5. The summed E-state index contributed by atoms with van der Waals surface area (Å²) in [5.74, 6) is -0.0273. The van der Waals surface area contributed by atoms with E-state index in [1.54, 1.807) is 0 Å². The third kappa shape index (κ3) is 57.8. The second kappa shape index (κ2) is 43.6. The lowest BCUT2D eigenvalue weighted by atomic mass is 10.2. The van der Waals surface area contributed by atoms with Crippen LogP contribution in [0.4, 0.5) is 0 Å². The van der Waals surface area contributed by atoms with Crippen LogP contribution in [-0.4, -0.2) is 290 Å². The predicted octanol–water partition coefficient (Wildman–Crippen LogP) is -11.5. The molecule has 0 bridgehead atoms. The Morgan fingerprint density at radius 1 is 0.319 bits per heavy atom. The minimum absolute atomic E-state index is 0. The second-order valence-electron chi connectivity index (χ2n) is 23.5. The lowest BCUT2D eigenvalue weighted by Gasteiger charge is -2.32. The average molecular weight is 1140 g/mol. The third-order valence-corrected chi connectivity index (χ3v) is 11.3. The van der Waals surface area contributed by atoms with E-state index in [1.165, 1.54) is 0 Å². The average Bonchev–Trinajstić information content (AvgIpc) is 3.19. The lowest BCUT2D eigenvalue weighted by Crippen LogP contribution is -3.00. The molecule has 0 aromatic rings. The molecule has 72 heavy (non-hydrogen) atoms. The number of nitrogens with zero attached hydrogens (tertiary/aromatic N) is 8. The zero-order chi connectivity index (χ0) is 51.2. The van der Waals surface area contributed by atoms with Crippen LogP contribution in [0.25, 0.3) is 0 Å². The quantitative estimate of drug-likeness (QED) is 0.0230. The first-order valence-electron chi connectivity index (χ1n) is 25.3. The number of amides is 5. The maximum absolute atomic E-state index is 13.1. The van der Waals surface area contributed by atoms with Crippen LogP contribution in [0, 0.1) is 7.05 Å². The summed E-state index contributed by atoms with van der Waals surface area (Å²) in [6.45, 7) is 12.8. The largest absolute Gasteiger partial charge is 1.00 e. The Morgan fingerprint density at radius 2 is 0.486 bits per heavy atom. The van der Waals surface area contributed by atoms with Crippen LogP contribution in [0.15, 0.2) is 0 Å². The number of rotatable bonds is 41. The van der Waals surface area contributed by atoms with Crippen molar-refractivity contribution in [3.05, 3.63) is 7.05 Å². The Balaban J connectivity index is -0.00000218. The van der Waals surface area contributed by atoms with E-state index < -0.39 is 0 Å². The number of nitrogens with one attached hydrogen (secondary N) is 5. The first kappa shape index (κ1) is 81.8. The summed E-state index contributed by atoms with van der Waals surface area (Å²) in [5.41, 5.74) is 0. The van der Waals surface area contributed by atoms with Crippen LogP contribution < -0.4 is 76.2 Å². The molecule has 0 aromatic carbocycles. The molecule has 0 aliphatic rings. The molecule has 0 unspecified atom stereocenters.